The Bertz CT molecular complexity index is 661. The zero-order valence-corrected chi connectivity index (χ0v) is 15.9. The van der Waals surface area contributed by atoms with Gasteiger partial charge in [-0.2, -0.15) is 4.31 Å². The molecule has 1 aliphatic heterocycles. The second-order valence-electron chi connectivity index (χ2n) is 5.49. The molecule has 0 bridgehead atoms. The molecular formula is C14H22ClN3O4S2. The van der Waals surface area contributed by atoms with Crippen LogP contribution in [0.3, 0.4) is 0 Å². The van der Waals surface area contributed by atoms with E-state index in [0.717, 1.165) is 11.3 Å². The Hall–Kier alpha value is -0.710. The minimum absolute atomic E-state index is 0.0642. The summed E-state index contributed by atoms with van der Waals surface area (Å²) in [5, 5.41) is 0. The summed E-state index contributed by atoms with van der Waals surface area (Å²) in [6.07, 6.45) is 0.485. The van der Waals surface area contributed by atoms with Crippen LogP contribution in [0.2, 0.25) is 4.34 Å². The van der Waals surface area contributed by atoms with E-state index in [0.29, 0.717) is 30.4 Å². The van der Waals surface area contributed by atoms with Gasteiger partial charge in [-0.3, -0.25) is 4.79 Å². The van der Waals surface area contributed by atoms with Crippen molar-refractivity contribution in [1.82, 2.24) is 9.21 Å². The van der Waals surface area contributed by atoms with Crippen LogP contribution in [0.1, 0.15) is 12.8 Å². The van der Waals surface area contributed by atoms with E-state index >= 15 is 0 Å². The molecule has 2 heterocycles. The van der Waals surface area contributed by atoms with Crippen molar-refractivity contribution in [2.75, 3.05) is 39.8 Å². The average molecular weight is 396 g/mol. The molecule has 1 aromatic rings. The minimum Gasteiger partial charge on any atom is -0.380 e. The zero-order valence-electron chi connectivity index (χ0n) is 13.5. The van der Waals surface area contributed by atoms with Crippen LogP contribution < -0.4 is 5.73 Å². The third-order valence-electron chi connectivity index (χ3n) is 3.95. The van der Waals surface area contributed by atoms with Crippen LogP contribution >= 0.6 is 22.9 Å². The Morgan fingerprint density at radius 2 is 2.12 bits per heavy atom. The lowest BCUT2D eigenvalue weighted by Gasteiger charge is -2.23. The number of carbonyl (C=O) groups excluding carboxylic acids is 1. The highest BCUT2D eigenvalue weighted by Gasteiger charge is 2.29. The van der Waals surface area contributed by atoms with Gasteiger partial charge in [-0.05, 0) is 18.6 Å². The first kappa shape index (κ1) is 19.6. The topological polar surface area (TPSA) is 92.9 Å². The quantitative estimate of drug-likeness (QED) is 0.775. The number of hydrogen-bond acceptors (Lipinski definition) is 6. The zero-order chi connectivity index (χ0) is 17.7. The van der Waals surface area contributed by atoms with Crippen molar-refractivity contribution < 1.29 is 17.9 Å². The molecule has 1 saturated heterocycles. The van der Waals surface area contributed by atoms with E-state index in [1.807, 2.05) is 0 Å². The molecule has 136 valence electrons. The van der Waals surface area contributed by atoms with E-state index in [4.69, 9.17) is 22.1 Å². The molecule has 0 spiro atoms. The first-order chi connectivity index (χ1) is 11.4. The molecule has 2 rings (SSSR count). The van der Waals surface area contributed by atoms with Crippen molar-refractivity contribution >= 4 is 38.9 Å². The summed E-state index contributed by atoms with van der Waals surface area (Å²) >= 11 is 6.88. The summed E-state index contributed by atoms with van der Waals surface area (Å²) in [4.78, 5) is 14.0. The van der Waals surface area contributed by atoms with Crippen LogP contribution in [0.4, 0.5) is 0 Å². The number of halogens is 1. The summed E-state index contributed by atoms with van der Waals surface area (Å²) in [7, 11) is -2.04. The van der Waals surface area contributed by atoms with Crippen LogP contribution in [0.15, 0.2) is 16.3 Å². The van der Waals surface area contributed by atoms with Gasteiger partial charge in [0.25, 0.3) is 10.0 Å². The van der Waals surface area contributed by atoms with E-state index in [1.54, 1.807) is 11.0 Å². The molecule has 1 atom stereocenters. The average Bonchev–Trinajstić information content (AvgIpc) is 2.85. The molecule has 0 saturated carbocycles. The van der Waals surface area contributed by atoms with Crippen LogP contribution in [-0.2, 0) is 19.6 Å². The van der Waals surface area contributed by atoms with Gasteiger partial charge in [-0.15, -0.1) is 11.3 Å². The Kier molecular flexibility index (Phi) is 7.02. The number of nitrogens with two attached hydrogens (primary N) is 1. The number of rotatable bonds is 6. The Morgan fingerprint density at radius 1 is 1.38 bits per heavy atom. The fraction of sp³-hybridized carbons (Fsp3) is 0.643. The van der Waals surface area contributed by atoms with Crippen molar-refractivity contribution in [3.63, 3.8) is 0 Å². The summed E-state index contributed by atoms with van der Waals surface area (Å²) in [6, 6.07) is 3.09. The maximum absolute atomic E-state index is 12.6. The highest BCUT2D eigenvalue weighted by atomic mass is 35.5. The van der Waals surface area contributed by atoms with E-state index < -0.39 is 10.0 Å². The van der Waals surface area contributed by atoms with Crippen molar-refractivity contribution in [1.29, 1.82) is 0 Å². The first-order valence-electron chi connectivity index (χ1n) is 7.64. The number of carbonyl (C=O) groups is 1. The van der Waals surface area contributed by atoms with Gasteiger partial charge in [-0.25, -0.2) is 8.42 Å². The highest BCUT2D eigenvalue weighted by molar-refractivity contribution is 7.91. The smallest absolute Gasteiger partial charge is 0.252 e. The molecule has 1 aliphatic rings. The van der Waals surface area contributed by atoms with Gasteiger partial charge in [0.2, 0.25) is 5.91 Å². The Labute approximate surface area is 151 Å². The summed E-state index contributed by atoms with van der Waals surface area (Å²) in [6.45, 7) is 1.81. The number of amides is 1. The molecule has 2 N–H and O–H groups in total. The number of ether oxygens (including phenoxy) is 1. The van der Waals surface area contributed by atoms with E-state index in [1.165, 1.54) is 17.5 Å². The predicted octanol–water partition coefficient (Wildman–Crippen LogP) is 0.988. The van der Waals surface area contributed by atoms with Crippen molar-refractivity contribution in [2.24, 2.45) is 5.73 Å². The molecule has 1 fully saturated rings. The maximum Gasteiger partial charge on any atom is 0.252 e. The third kappa shape index (κ3) is 4.68. The maximum atomic E-state index is 12.6. The molecule has 0 aliphatic carbocycles. The summed E-state index contributed by atoms with van der Waals surface area (Å²) < 4.78 is 32.5. The standard InChI is InChI=1S/C14H22ClN3O4S2/c1-22-11(10-16)9-13(19)17-5-2-6-18(8-7-17)24(20,21)14-4-3-12(15)23-14/h3-4,11H,2,5-10,16H2,1H3. The second kappa shape index (κ2) is 8.59. The van der Waals surface area contributed by atoms with E-state index in [-0.39, 0.29) is 35.7 Å². The molecule has 1 amide bonds. The molecule has 1 aromatic heterocycles. The first-order valence-corrected chi connectivity index (χ1v) is 10.3. The summed E-state index contributed by atoms with van der Waals surface area (Å²) in [5.41, 5.74) is 5.54. The molecular weight excluding hydrogens is 374 g/mol. The third-order valence-corrected chi connectivity index (χ3v) is 7.55. The normalized spacial score (nSPS) is 18.4. The van der Waals surface area contributed by atoms with Gasteiger partial charge in [0.15, 0.2) is 0 Å². The van der Waals surface area contributed by atoms with Crippen molar-refractivity contribution in [3.05, 3.63) is 16.5 Å². The van der Waals surface area contributed by atoms with Gasteiger partial charge < -0.3 is 15.4 Å². The second-order valence-corrected chi connectivity index (χ2v) is 9.37. The van der Waals surface area contributed by atoms with Crippen LogP contribution in [0, 0.1) is 0 Å². The number of sulfonamides is 1. The van der Waals surface area contributed by atoms with E-state index in [2.05, 4.69) is 0 Å². The van der Waals surface area contributed by atoms with Crippen molar-refractivity contribution in [3.8, 4) is 0 Å². The van der Waals surface area contributed by atoms with Crippen LogP contribution in [0.5, 0.6) is 0 Å². The molecule has 10 heteroatoms. The van der Waals surface area contributed by atoms with Crippen molar-refractivity contribution in [2.45, 2.75) is 23.2 Å². The van der Waals surface area contributed by atoms with E-state index in [9.17, 15) is 13.2 Å². The monoisotopic (exact) mass is 395 g/mol. The fourth-order valence-corrected chi connectivity index (χ4v) is 5.64. The fourth-order valence-electron chi connectivity index (χ4n) is 2.53. The minimum atomic E-state index is -3.56. The molecule has 7 nitrogen and oxygen atoms in total. The number of hydrogen-bond donors (Lipinski definition) is 1. The van der Waals surface area contributed by atoms with Gasteiger partial charge in [0.1, 0.15) is 4.21 Å². The van der Waals surface area contributed by atoms with Crippen LogP contribution in [0.25, 0.3) is 0 Å². The predicted molar refractivity (Wildman–Crippen MR) is 93.8 cm³/mol. The number of methoxy groups -OCH3 is 1. The molecule has 24 heavy (non-hydrogen) atoms. The van der Waals surface area contributed by atoms with Gasteiger partial charge in [-0.1, -0.05) is 11.6 Å². The molecule has 1 unspecified atom stereocenters. The lowest BCUT2D eigenvalue weighted by Crippen LogP contribution is -2.39. The molecule has 0 radical (unpaired) electrons. The lowest BCUT2D eigenvalue weighted by molar-refractivity contribution is -0.133. The van der Waals surface area contributed by atoms with Gasteiger partial charge in [0, 0.05) is 39.8 Å². The van der Waals surface area contributed by atoms with Gasteiger partial charge >= 0.3 is 0 Å². The number of nitrogens with zero attached hydrogens (tertiary/aromatic N) is 2. The largest absolute Gasteiger partial charge is 0.380 e. The lowest BCUT2D eigenvalue weighted by atomic mass is 10.2. The SMILES string of the molecule is COC(CN)CC(=O)N1CCCN(S(=O)(=O)c2ccc(Cl)s2)CC1. The van der Waals surface area contributed by atoms with Crippen LogP contribution in [-0.4, -0.2) is 69.5 Å². The summed E-state index contributed by atoms with van der Waals surface area (Å²) in [5.74, 6) is -0.0642. The Balaban J connectivity index is 2.01. The van der Waals surface area contributed by atoms with Gasteiger partial charge in [0.05, 0.1) is 16.9 Å². The highest BCUT2D eigenvalue weighted by Crippen LogP contribution is 2.28. The number of thiophene rings is 1. The molecule has 0 aromatic carbocycles. The Morgan fingerprint density at radius 3 is 2.71 bits per heavy atom.